The summed E-state index contributed by atoms with van der Waals surface area (Å²) in [6, 6.07) is 15.0. The van der Waals surface area contributed by atoms with Gasteiger partial charge in [0.25, 0.3) is 0 Å². The molecule has 2 aliphatic carbocycles. The SMILES string of the molecule is CC(C)(C)OC[C@H](NC(=O)C1(CNC(=O)OCC2c3ccccc3-c3ccccc32)CC1)C(=O)O. The standard InChI is InChI=1S/C27H32N2O6/c1-26(2,3)35-15-22(23(30)31)29-24(32)27(12-13-27)16-28-25(33)34-14-21-19-10-6-4-8-17(19)18-9-5-7-11-20(18)21/h4-11,21-22H,12-16H2,1-3H3,(H,28,33)(H,29,32)(H,30,31)/t22-/m0/s1. The number of fused-ring (bicyclic) bond motifs is 3. The van der Waals surface area contributed by atoms with Crippen molar-refractivity contribution in [2.24, 2.45) is 5.41 Å². The summed E-state index contributed by atoms with van der Waals surface area (Å²) in [6.07, 6.45) is 0.529. The number of carboxylic acids is 1. The maximum atomic E-state index is 12.8. The van der Waals surface area contributed by atoms with Crippen molar-refractivity contribution in [1.29, 1.82) is 0 Å². The van der Waals surface area contributed by atoms with Crippen molar-refractivity contribution in [1.82, 2.24) is 10.6 Å². The molecule has 3 N–H and O–H groups in total. The highest BCUT2D eigenvalue weighted by Crippen LogP contribution is 2.46. The van der Waals surface area contributed by atoms with E-state index in [9.17, 15) is 19.5 Å². The van der Waals surface area contributed by atoms with Crippen molar-refractivity contribution in [2.45, 2.75) is 51.2 Å². The Balaban J connectivity index is 1.30. The van der Waals surface area contributed by atoms with Crippen molar-refractivity contribution < 1.29 is 29.0 Å². The van der Waals surface area contributed by atoms with Gasteiger partial charge in [0.15, 0.2) is 6.04 Å². The van der Waals surface area contributed by atoms with Crippen molar-refractivity contribution in [3.05, 3.63) is 59.7 Å². The highest BCUT2D eigenvalue weighted by molar-refractivity contribution is 5.90. The minimum absolute atomic E-state index is 0.0505. The number of rotatable bonds is 9. The Hall–Kier alpha value is -3.39. The molecule has 2 aliphatic rings. The predicted octanol–water partition coefficient (Wildman–Crippen LogP) is 3.69. The molecule has 0 aliphatic heterocycles. The molecule has 0 bridgehead atoms. The number of benzene rings is 2. The maximum absolute atomic E-state index is 12.8. The molecular weight excluding hydrogens is 448 g/mol. The van der Waals surface area contributed by atoms with Gasteiger partial charge >= 0.3 is 12.1 Å². The van der Waals surface area contributed by atoms with Gasteiger partial charge in [0.2, 0.25) is 5.91 Å². The summed E-state index contributed by atoms with van der Waals surface area (Å²) >= 11 is 0. The lowest BCUT2D eigenvalue weighted by Crippen LogP contribution is -2.50. The number of carboxylic acid groups (broad SMARTS) is 1. The van der Waals surface area contributed by atoms with E-state index in [1.165, 1.54) is 0 Å². The second kappa shape index (κ2) is 9.70. The third-order valence-electron chi connectivity index (χ3n) is 6.54. The Morgan fingerprint density at radius 2 is 1.60 bits per heavy atom. The number of alkyl carbamates (subject to hydrolysis) is 1. The van der Waals surface area contributed by atoms with Gasteiger partial charge in [0.05, 0.1) is 17.6 Å². The Kier molecular flexibility index (Phi) is 6.85. The van der Waals surface area contributed by atoms with Crippen molar-refractivity contribution in [3.8, 4) is 11.1 Å². The van der Waals surface area contributed by atoms with Crippen LogP contribution < -0.4 is 10.6 Å². The number of aliphatic carboxylic acids is 1. The van der Waals surface area contributed by atoms with Gasteiger partial charge in [-0.1, -0.05) is 48.5 Å². The van der Waals surface area contributed by atoms with Crippen LogP contribution >= 0.6 is 0 Å². The van der Waals surface area contributed by atoms with Crippen LogP contribution in [0.2, 0.25) is 0 Å². The van der Waals surface area contributed by atoms with Crippen molar-refractivity contribution in [3.63, 3.8) is 0 Å². The summed E-state index contributed by atoms with van der Waals surface area (Å²) in [6.45, 7) is 5.57. The summed E-state index contributed by atoms with van der Waals surface area (Å²) in [5.74, 6) is -1.62. The van der Waals surface area contributed by atoms with E-state index in [0.29, 0.717) is 12.8 Å². The van der Waals surface area contributed by atoms with Gasteiger partial charge in [-0.15, -0.1) is 0 Å². The number of ether oxygens (including phenoxy) is 2. The minimum atomic E-state index is -1.16. The normalized spacial score (nSPS) is 16.5. The maximum Gasteiger partial charge on any atom is 0.407 e. The molecule has 186 valence electrons. The number of hydrogen-bond donors (Lipinski definition) is 3. The van der Waals surface area contributed by atoms with E-state index < -0.39 is 35.0 Å². The van der Waals surface area contributed by atoms with E-state index in [1.54, 1.807) is 0 Å². The first kappa shape index (κ1) is 24.7. The smallest absolute Gasteiger partial charge is 0.407 e. The van der Waals surface area contributed by atoms with Crippen LogP contribution in [0.15, 0.2) is 48.5 Å². The molecule has 2 aromatic rings. The van der Waals surface area contributed by atoms with Gasteiger partial charge in [-0.2, -0.15) is 0 Å². The molecule has 1 saturated carbocycles. The van der Waals surface area contributed by atoms with E-state index in [-0.39, 0.29) is 25.7 Å². The van der Waals surface area contributed by atoms with Gasteiger partial charge in [0, 0.05) is 12.5 Å². The van der Waals surface area contributed by atoms with Gasteiger partial charge in [-0.3, -0.25) is 4.79 Å². The van der Waals surface area contributed by atoms with Gasteiger partial charge in [0.1, 0.15) is 6.61 Å². The zero-order valence-corrected chi connectivity index (χ0v) is 20.3. The van der Waals surface area contributed by atoms with Crippen LogP contribution in [0.25, 0.3) is 11.1 Å². The van der Waals surface area contributed by atoms with Crippen LogP contribution in [-0.2, 0) is 19.1 Å². The van der Waals surface area contributed by atoms with Crippen LogP contribution in [0, 0.1) is 5.41 Å². The zero-order valence-electron chi connectivity index (χ0n) is 20.3. The second-order valence-electron chi connectivity index (χ2n) is 10.2. The van der Waals surface area contributed by atoms with E-state index >= 15 is 0 Å². The molecule has 1 fully saturated rings. The molecule has 8 nitrogen and oxygen atoms in total. The average Bonchev–Trinajstić information content (AvgIpc) is 3.55. The molecule has 0 heterocycles. The number of nitrogens with one attached hydrogen (secondary N) is 2. The molecule has 0 aromatic heterocycles. The Morgan fingerprint density at radius 1 is 1.03 bits per heavy atom. The highest BCUT2D eigenvalue weighted by Gasteiger charge is 2.51. The summed E-state index contributed by atoms with van der Waals surface area (Å²) in [4.78, 5) is 36.9. The quantitative estimate of drug-likeness (QED) is 0.504. The fraction of sp³-hybridized carbons (Fsp3) is 0.444. The van der Waals surface area contributed by atoms with Crippen LogP contribution in [0.1, 0.15) is 50.7 Å². The third kappa shape index (κ3) is 5.65. The largest absolute Gasteiger partial charge is 0.480 e. The van der Waals surface area contributed by atoms with E-state index in [2.05, 4.69) is 22.8 Å². The lowest BCUT2D eigenvalue weighted by molar-refractivity contribution is -0.146. The van der Waals surface area contributed by atoms with Crippen LogP contribution in [0.3, 0.4) is 0 Å². The molecule has 35 heavy (non-hydrogen) atoms. The monoisotopic (exact) mass is 480 g/mol. The van der Waals surface area contributed by atoms with Gasteiger partial charge in [-0.05, 0) is 55.9 Å². The Bertz CT molecular complexity index is 1070. The summed E-state index contributed by atoms with van der Waals surface area (Å²) in [5, 5.41) is 14.7. The van der Waals surface area contributed by atoms with Crippen LogP contribution in [-0.4, -0.2) is 54.5 Å². The molecule has 0 radical (unpaired) electrons. The fourth-order valence-corrected chi connectivity index (χ4v) is 4.35. The van der Waals surface area contributed by atoms with Crippen molar-refractivity contribution in [2.75, 3.05) is 19.8 Å². The minimum Gasteiger partial charge on any atom is -0.480 e. The zero-order chi connectivity index (χ0) is 25.2. The molecular formula is C27H32N2O6. The Morgan fingerprint density at radius 3 is 2.11 bits per heavy atom. The molecule has 1 atom stereocenters. The molecule has 2 amide bonds. The van der Waals surface area contributed by atoms with Crippen molar-refractivity contribution >= 4 is 18.0 Å². The third-order valence-corrected chi connectivity index (χ3v) is 6.54. The van der Waals surface area contributed by atoms with Crippen LogP contribution in [0.4, 0.5) is 4.79 Å². The second-order valence-corrected chi connectivity index (χ2v) is 10.2. The Labute approximate surface area is 205 Å². The number of amides is 2. The van der Waals surface area contributed by atoms with E-state index in [0.717, 1.165) is 22.3 Å². The molecule has 0 unspecified atom stereocenters. The lowest BCUT2D eigenvalue weighted by atomic mass is 9.98. The molecule has 4 rings (SSSR count). The molecule has 0 spiro atoms. The predicted molar refractivity (Wildman–Crippen MR) is 130 cm³/mol. The summed E-state index contributed by atoms with van der Waals surface area (Å²) in [5.41, 5.74) is 3.19. The molecule has 2 aromatic carbocycles. The molecule has 0 saturated heterocycles. The number of carbonyl (C=O) groups is 3. The highest BCUT2D eigenvalue weighted by atomic mass is 16.5. The van der Waals surface area contributed by atoms with Gasteiger partial charge in [-0.25, -0.2) is 9.59 Å². The summed E-state index contributed by atoms with van der Waals surface area (Å²) < 4.78 is 11.1. The molecule has 8 heteroatoms. The average molecular weight is 481 g/mol. The first-order chi connectivity index (χ1) is 16.6. The fourth-order valence-electron chi connectivity index (χ4n) is 4.35. The number of carbonyl (C=O) groups excluding carboxylic acids is 2. The first-order valence-electron chi connectivity index (χ1n) is 11.9. The number of hydrogen-bond acceptors (Lipinski definition) is 5. The topological polar surface area (TPSA) is 114 Å². The van der Waals surface area contributed by atoms with Gasteiger partial charge < -0.3 is 25.2 Å². The van der Waals surface area contributed by atoms with E-state index in [1.807, 2.05) is 57.2 Å². The van der Waals surface area contributed by atoms with Crippen LogP contribution in [0.5, 0.6) is 0 Å². The van der Waals surface area contributed by atoms with E-state index in [4.69, 9.17) is 9.47 Å². The summed E-state index contributed by atoms with van der Waals surface area (Å²) in [7, 11) is 0. The lowest BCUT2D eigenvalue weighted by Gasteiger charge is -2.24. The first-order valence-corrected chi connectivity index (χ1v) is 11.9.